The maximum Gasteiger partial charge on any atom is 0.441 e. The molecule has 0 atom stereocenters. The van der Waals surface area contributed by atoms with Crippen molar-refractivity contribution in [2.45, 2.75) is 5.51 Å². The van der Waals surface area contributed by atoms with Crippen LogP contribution in [0.25, 0.3) is 0 Å². The summed E-state index contributed by atoms with van der Waals surface area (Å²) in [6, 6.07) is 3.64. The molecule has 0 aromatic heterocycles. The molecule has 21 heavy (non-hydrogen) atoms. The number of rotatable bonds is 4. The van der Waals surface area contributed by atoms with Gasteiger partial charge >= 0.3 is 5.51 Å². The summed E-state index contributed by atoms with van der Waals surface area (Å²) < 4.78 is 49.2. The molecule has 3 N–H and O–H groups in total. The van der Waals surface area contributed by atoms with Gasteiger partial charge in [0.1, 0.15) is 5.82 Å². The Labute approximate surface area is 123 Å². The number of hydrogen-bond acceptors (Lipinski definition) is 3. The number of benzene rings is 1. The van der Waals surface area contributed by atoms with Crippen LogP contribution in [0, 0.1) is 17.7 Å². The molecule has 8 heteroatoms. The second-order valence-corrected chi connectivity index (χ2v) is 4.91. The molecule has 0 saturated heterocycles. The van der Waals surface area contributed by atoms with Crippen molar-refractivity contribution >= 4 is 17.7 Å². The molecule has 0 aliphatic rings. The van der Waals surface area contributed by atoms with Crippen molar-refractivity contribution in [3.05, 3.63) is 35.1 Å². The molecule has 0 saturated carbocycles. The number of thioether (sulfide) groups is 1. The largest absolute Gasteiger partial charge is 0.441 e. The van der Waals surface area contributed by atoms with E-state index in [9.17, 15) is 22.4 Å². The number of carbonyl (C=O) groups is 1. The molecule has 1 rings (SSSR count). The Morgan fingerprint density at radius 2 is 2.10 bits per heavy atom. The lowest BCUT2D eigenvalue weighted by Crippen LogP contribution is -2.26. The lowest BCUT2D eigenvalue weighted by Gasteiger charge is -2.07. The molecular weight excluding hydrogens is 308 g/mol. The van der Waals surface area contributed by atoms with E-state index in [2.05, 4.69) is 17.2 Å². The molecule has 1 aromatic carbocycles. The van der Waals surface area contributed by atoms with Gasteiger partial charge in [0.15, 0.2) is 0 Å². The first-order valence-corrected chi connectivity index (χ1v) is 6.79. The Kier molecular flexibility index (Phi) is 6.52. The first kappa shape index (κ1) is 17.3. The predicted octanol–water partition coefficient (Wildman–Crippen LogP) is 2.12. The highest BCUT2D eigenvalue weighted by atomic mass is 32.2. The highest BCUT2D eigenvalue weighted by Gasteiger charge is 2.27. The van der Waals surface area contributed by atoms with Gasteiger partial charge in [-0.25, -0.2) is 4.39 Å². The van der Waals surface area contributed by atoms with Gasteiger partial charge in [0.25, 0.3) is 5.91 Å². The van der Waals surface area contributed by atoms with E-state index >= 15 is 0 Å². The van der Waals surface area contributed by atoms with Crippen molar-refractivity contribution in [3.63, 3.8) is 0 Å². The van der Waals surface area contributed by atoms with Crippen LogP contribution < -0.4 is 11.1 Å². The van der Waals surface area contributed by atoms with Gasteiger partial charge in [0.2, 0.25) is 0 Å². The Morgan fingerprint density at radius 1 is 1.38 bits per heavy atom. The molecule has 0 bridgehead atoms. The van der Waals surface area contributed by atoms with Crippen LogP contribution >= 0.6 is 11.8 Å². The monoisotopic (exact) mass is 320 g/mol. The van der Waals surface area contributed by atoms with E-state index in [-0.39, 0.29) is 41.7 Å². The second kappa shape index (κ2) is 7.90. The van der Waals surface area contributed by atoms with Crippen LogP contribution in [0.15, 0.2) is 18.2 Å². The van der Waals surface area contributed by atoms with E-state index in [1.54, 1.807) is 0 Å². The van der Waals surface area contributed by atoms with Gasteiger partial charge in [-0.05, 0) is 30.0 Å². The summed E-state index contributed by atoms with van der Waals surface area (Å²) in [5.74, 6) is 3.34. The third-order valence-electron chi connectivity index (χ3n) is 2.21. The maximum atomic E-state index is 13.6. The predicted molar refractivity (Wildman–Crippen MR) is 73.2 cm³/mol. The Morgan fingerprint density at radius 3 is 2.67 bits per heavy atom. The summed E-state index contributed by atoms with van der Waals surface area (Å²) in [6.07, 6.45) is 0. The number of nitrogens with two attached hydrogens (primary N) is 1. The van der Waals surface area contributed by atoms with E-state index < -0.39 is 17.2 Å². The molecule has 0 fully saturated rings. The zero-order chi connectivity index (χ0) is 15.9. The zero-order valence-corrected chi connectivity index (χ0v) is 11.6. The quantitative estimate of drug-likeness (QED) is 0.508. The van der Waals surface area contributed by atoms with Crippen molar-refractivity contribution in [1.29, 1.82) is 0 Å². The SMILES string of the molecule is NCC#Cc1ccc(C(=O)NCCSC(F)(F)F)cc1F. The van der Waals surface area contributed by atoms with Crippen molar-refractivity contribution in [3.8, 4) is 11.8 Å². The summed E-state index contributed by atoms with van der Waals surface area (Å²) >= 11 is -0.233. The van der Waals surface area contributed by atoms with E-state index in [1.807, 2.05) is 0 Å². The normalized spacial score (nSPS) is 10.7. The fourth-order valence-electron chi connectivity index (χ4n) is 1.34. The molecular formula is C13H12F4N2OS. The minimum absolute atomic E-state index is 0.0165. The molecule has 1 amide bonds. The average molecular weight is 320 g/mol. The van der Waals surface area contributed by atoms with Gasteiger partial charge in [0.05, 0.1) is 12.1 Å². The number of hydrogen-bond donors (Lipinski definition) is 2. The van der Waals surface area contributed by atoms with Crippen molar-refractivity contribution in [1.82, 2.24) is 5.32 Å². The third kappa shape index (κ3) is 6.51. The Bertz CT molecular complexity index is 564. The highest BCUT2D eigenvalue weighted by Crippen LogP contribution is 2.29. The molecule has 1 aromatic rings. The number of nitrogens with one attached hydrogen (secondary N) is 1. The van der Waals surface area contributed by atoms with E-state index in [4.69, 9.17) is 5.73 Å². The minimum atomic E-state index is -4.33. The Balaban J connectivity index is 2.57. The number of alkyl halides is 3. The third-order valence-corrected chi connectivity index (χ3v) is 2.95. The molecule has 0 aliphatic carbocycles. The van der Waals surface area contributed by atoms with Crippen LogP contribution in [0.1, 0.15) is 15.9 Å². The summed E-state index contributed by atoms with van der Waals surface area (Å²) in [5.41, 5.74) is 0.946. The fraction of sp³-hybridized carbons (Fsp3) is 0.308. The minimum Gasteiger partial charge on any atom is -0.351 e. The zero-order valence-electron chi connectivity index (χ0n) is 10.8. The summed E-state index contributed by atoms with van der Waals surface area (Å²) in [5, 5.41) is 2.28. The van der Waals surface area contributed by atoms with Crippen LogP contribution in [0.5, 0.6) is 0 Å². The standard InChI is InChI=1S/C13H12F4N2OS/c14-11-8-10(4-3-9(11)2-1-5-18)12(20)19-6-7-21-13(15,16)17/h3-4,8H,5-7,18H2,(H,19,20). The van der Waals surface area contributed by atoms with Gasteiger partial charge < -0.3 is 11.1 Å². The smallest absolute Gasteiger partial charge is 0.351 e. The maximum absolute atomic E-state index is 13.6. The van der Waals surface area contributed by atoms with E-state index in [0.717, 1.165) is 6.07 Å². The van der Waals surface area contributed by atoms with Crippen LogP contribution in [-0.2, 0) is 0 Å². The second-order valence-electron chi connectivity index (χ2n) is 3.75. The van der Waals surface area contributed by atoms with Gasteiger partial charge in [-0.2, -0.15) is 13.2 Å². The molecule has 3 nitrogen and oxygen atoms in total. The van der Waals surface area contributed by atoms with Gasteiger partial charge in [0, 0.05) is 17.9 Å². The average Bonchev–Trinajstić information content (AvgIpc) is 2.41. The van der Waals surface area contributed by atoms with E-state index in [1.165, 1.54) is 12.1 Å². The summed E-state index contributed by atoms with van der Waals surface area (Å²) in [4.78, 5) is 11.6. The van der Waals surface area contributed by atoms with Crippen molar-refractivity contribution < 1.29 is 22.4 Å². The van der Waals surface area contributed by atoms with Crippen LogP contribution in [0.2, 0.25) is 0 Å². The fourth-order valence-corrected chi connectivity index (χ4v) is 1.77. The lowest BCUT2D eigenvalue weighted by atomic mass is 10.1. The Hall–Kier alpha value is -1.72. The molecule has 114 valence electrons. The first-order chi connectivity index (χ1) is 9.83. The molecule has 0 radical (unpaired) electrons. The first-order valence-electron chi connectivity index (χ1n) is 5.81. The number of carbonyl (C=O) groups excluding carboxylic acids is 1. The molecule has 0 aliphatic heterocycles. The summed E-state index contributed by atoms with van der Waals surface area (Å²) in [7, 11) is 0. The van der Waals surface area contributed by atoms with Gasteiger partial charge in [-0.1, -0.05) is 11.8 Å². The number of halogens is 4. The summed E-state index contributed by atoms with van der Waals surface area (Å²) in [6.45, 7) is -0.0854. The highest BCUT2D eigenvalue weighted by molar-refractivity contribution is 8.00. The van der Waals surface area contributed by atoms with Gasteiger partial charge in [-0.3, -0.25) is 4.79 Å². The topological polar surface area (TPSA) is 55.1 Å². The van der Waals surface area contributed by atoms with Crippen molar-refractivity contribution in [2.24, 2.45) is 5.73 Å². The van der Waals surface area contributed by atoms with E-state index in [0.29, 0.717) is 0 Å². The molecule has 0 heterocycles. The van der Waals surface area contributed by atoms with Crippen LogP contribution in [0.3, 0.4) is 0 Å². The molecule has 0 unspecified atom stereocenters. The van der Waals surface area contributed by atoms with Gasteiger partial charge in [-0.15, -0.1) is 0 Å². The van der Waals surface area contributed by atoms with Crippen LogP contribution in [-0.4, -0.2) is 30.3 Å². The van der Waals surface area contributed by atoms with Crippen molar-refractivity contribution in [2.75, 3.05) is 18.8 Å². The van der Waals surface area contributed by atoms with Crippen LogP contribution in [0.4, 0.5) is 17.6 Å². The lowest BCUT2D eigenvalue weighted by molar-refractivity contribution is -0.0327. The molecule has 0 spiro atoms. The number of amides is 1.